The zero-order valence-corrected chi connectivity index (χ0v) is 12.3. The Morgan fingerprint density at radius 2 is 1.90 bits per heavy atom. The lowest BCUT2D eigenvalue weighted by molar-refractivity contribution is -0.151. The van der Waals surface area contributed by atoms with Crippen LogP contribution in [0, 0.1) is 5.92 Å². The predicted molar refractivity (Wildman–Crippen MR) is 80.4 cm³/mol. The van der Waals surface area contributed by atoms with Gasteiger partial charge in [0.1, 0.15) is 0 Å². The quantitative estimate of drug-likeness (QED) is 0.840. The fraction of sp³-hybridized carbons (Fsp3) is 0.588. The van der Waals surface area contributed by atoms with Gasteiger partial charge in [0.2, 0.25) is 0 Å². The fourth-order valence-corrected chi connectivity index (χ4v) is 3.71. The van der Waals surface area contributed by atoms with Crippen LogP contribution in [0.1, 0.15) is 44.1 Å². The first kappa shape index (κ1) is 15.0. The molecule has 0 heterocycles. The summed E-state index contributed by atoms with van der Waals surface area (Å²) in [7, 11) is 1.49. The standard InChI is InChI=1S/C17H25NO2/c1-20-16(19)17(12-13-18,14-8-4-2-5-9-14)15-10-6-3-7-11-15/h2,4-5,8-9,15H,3,6-7,10-13,18H2,1H3. The maximum atomic E-state index is 12.6. The molecule has 0 bridgehead atoms. The van der Waals surface area contributed by atoms with E-state index in [1.165, 1.54) is 26.4 Å². The van der Waals surface area contributed by atoms with Gasteiger partial charge in [-0.15, -0.1) is 0 Å². The highest BCUT2D eigenvalue weighted by Crippen LogP contribution is 2.44. The lowest BCUT2D eigenvalue weighted by Gasteiger charge is -2.40. The summed E-state index contributed by atoms with van der Waals surface area (Å²) < 4.78 is 5.18. The molecule has 1 atom stereocenters. The van der Waals surface area contributed by atoms with Crippen LogP contribution in [0.2, 0.25) is 0 Å². The van der Waals surface area contributed by atoms with Crippen LogP contribution in [-0.2, 0) is 14.9 Å². The summed E-state index contributed by atoms with van der Waals surface area (Å²) in [6.45, 7) is 0.500. The Morgan fingerprint density at radius 3 is 2.45 bits per heavy atom. The molecule has 3 nitrogen and oxygen atoms in total. The van der Waals surface area contributed by atoms with Crippen molar-refractivity contribution >= 4 is 5.97 Å². The van der Waals surface area contributed by atoms with Gasteiger partial charge in [0.25, 0.3) is 0 Å². The molecule has 0 aromatic heterocycles. The molecule has 1 aromatic rings. The first-order valence-corrected chi connectivity index (χ1v) is 7.59. The van der Waals surface area contributed by atoms with Gasteiger partial charge in [-0.25, -0.2) is 0 Å². The summed E-state index contributed by atoms with van der Waals surface area (Å²) >= 11 is 0. The number of carbonyl (C=O) groups excluding carboxylic acids is 1. The van der Waals surface area contributed by atoms with Gasteiger partial charge in [-0.2, -0.15) is 0 Å². The van der Waals surface area contributed by atoms with Gasteiger partial charge in [0, 0.05) is 0 Å². The molecule has 1 aliphatic rings. The molecule has 1 saturated carbocycles. The van der Waals surface area contributed by atoms with Crippen molar-refractivity contribution in [1.29, 1.82) is 0 Å². The average Bonchev–Trinajstić information content (AvgIpc) is 2.53. The molecule has 0 saturated heterocycles. The van der Waals surface area contributed by atoms with Crippen LogP contribution in [-0.4, -0.2) is 19.6 Å². The Kier molecular flexibility index (Phi) is 5.18. The van der Waals surface area contributed by atoms with Crippen molar-refractivity contribution in [2.24, 2.45) is 11.7 Å². The molecule has 110 valence electrons. The van der Waals surface area contributed by atoms with Crippen molar-refractivity contribution in [2.75, 3.05) is 13.7 Å². The number of methoxy groups -OCH3 is 1. The van der Waals surface area contributed by atoms with Gasteiger partial charge in [-0.05, 0) is 37.3 Å². The zero-order chi connectivity index (χ0) is 14.4. The second kappa shape index (κ2) is 6.89. The van der Waals surface area contributed by atoms with Crippen molar-refractivity contribution in [3.05, 3.63) is 35.9 Å². The lowest BCUT2D eigenvalue weighted by atomic mass is 9.63. The maximum absolute atomic E-state index is 12.6. The molecule has 3 heteroatoms. The third kappa shape index (κ3) is 2.73. The summed E-state index contributed by atoms with van der Waals surface area (Å²) in [6.07, 6.45) is 6.50. The van der Waals surface area contributed by atoms with E-state index in [-0.39, 0.29) is 5.97 Å². The summed E-state index contributed by atoms with van der Waals surface area (Å²) in [5.74, 6) is 0.218. The van der Waals surface area contributed by atoms with Gasteiger partial charge in [0.15, 0.2) is 0 Å². The van der Waals surface area contributed by atoms with E-state index >= 15 is 0 Å². The number of ether oxygens (including phenoxy) is 1. The minimum Gasteiger partial charge on any atom is -0.468 e. The number of hydrogen-bond acceptors (Lipinski definition) is 3. The van der Waals surface area contributed by atoms with Crippen LogP contribution in [0.25, 0.3) is 0 Å². The van der Waals surface area contributed by atoms with Gasteiger partial charge >= 0.3 is 5.97 Å². The van der Waals surface area contributed by atoms with Crippen LogP contribution in [0.3, 0.4) is 0 Å². The van der Waals surface area contributed by atoms with E-state index in [1.54, 1.807) is 0 Å². The zero-order valence-electron chi connectivity index (χ0n) is 12.3. The molecule has 1 fully saturated rings. The van der Waals surface area contributed by atoms with Crippen LogP contribution >= 0.6 is 0 Å². The average molecular weight is 275 g/mol. The Balaban J connectivity index is 2.46. The van der Waals surface area contributed by atoms with E-state index in [9.17, 15) is 4.79 Å². The number of hydrogen-bond donors (Lipinski definition) is 1. The second-order valence-corrected chi connectivity index (χ2v) is 5.70. The van der Waals surface area contributed by atoms with E-state index in [2.05, 4.69) is 0 Å². The first-order valence-electron chi connectivity index (χ1n) is 7.59. The van der Waals surface area contributed by atoms with Gasteiger partial charge in [0.05, 0.1) is 12.5 Å². The number of rotatable bonds is 5. The third-order valence-electron chi connectivity index (χ3n) is 4.68. The van der Waals surface area contributed by atoms with Gasteiger partial charge in [-0.3, -0.25) is 4.79 Å². The summed E-state index contributed by atoms with van der Waals surface area (Å²) in [6, 6.07) is 10.1. The van der Waals surface area contributed by atoms with Gasteiger partial charge < -0.3 is 10.5 Å². The third-order valence-corrected chi connectivity index (χ3v) is 4.68. The molecule has 20 heavy (non-hydrogen) atoms. The number of nitrogens with two attached hydrogens (primary N) is 1. The largest absolute Gasteiger partial charge is 0.468 e. The molecule has 0 amide bonds. The van der Waals surface area contributed by atoms with Crippen LogP contribution < -0.4 is 5.73 Å². The van der Waals surface area contributed by atoms with Crippen molar-refractivity contribution in [3.63, 3.8) is 0 Å². The second-order valence-electron chi connectivity index (χ2n) is 5.70. The minimum atomic E-state index is -0.564. The fourth-order valence-electron chi connectivity index (χ4n) is 3.71. The van der Waals surface area contributed by atoms with E-state index in [0.717, 1.165) is 18.4 Å². The topological polar surface area (TPSA) is 52.3 Å². The molecule has 1 aliphatic carbocycles. The molecule has 0 spiro atoms. The molecule has 1 unspecified atom stereocenters. The SMILES string of the molecule is COC(=O)C(CCN)(c1ccccc1)C1CCCCC1. The predicted octanol–water partition coefficient (Wildman–Crippen LogP) is 3.03. The lowest BCUT2D eigenvalue weighted by Crippen LogP contribution is -2.46. The maximum Gasteiger partial charge on any atom is 0.316 e. The van der Waals surface area contributed by atoms with E-state index < -0.39 is 5.41 Å². The number of carbonyl (C=O) groups is 1. The highest BCUT2D eigenvalue weighted by molar-refractivity contribution is 5.83. The van der Waals surface area contributed by atoms with Crippen molar-refractivity contribution in [1.82, 2.24) is 0 Å². The number of benzene rings is 1. The van der Waals surface area contributed by atoms with Crippen LogP contribution in [0.15, 0.2) is 30.3 Å². The molecular weight excluding hydrogens is 250 g/mol. The van der Waals surface area contributed by atoms with E-state index in [1.807, 2.05) is 30.3 Å². The molecular formula is C17H25NO2. The van der Waals surface area contributed by atoms with Crippen molar-refractivity contribution in [3.8, 4) is 0 Å². The van der Waals surface area contributed by atoms with Crippen LogP contribution in [0.5, 0.6) is 0 Å². The Hall–Kier alpha value is -1.35. The first-order chi connectivity index (χ1) is 9.75. The summed E-state index contributed by atoms with van der Waals surface area (Å²) in [5.41, 5.74) is 6.34. The molecule has 2 rings (SSSR count). The molecule has 2 N–H and O–H groups in total. The Morgan fingerprint density at radius 1 is 1.25 bits per heavy atom. The molecule has 0 aliphatic heterocycles. The Bertz CT molecular complexity index is 426. The van der Waals surface area contributed by atoms with Crippen molar-refractivity contribution in [2.45, 2.75) is 43.9 Å². The Labute approximate surface area is 121 Å². The van der Waals surface area contributed by atoms with Gasteiger partial charge in [-0.1, -0.05) is 49.6 Å². The highest BCUT2D eigenvalue weighted by atomic mass is 16.5. The van der Waals surface area contributed by atoms with E-state index in [4.69, 9.17) is 10.5 Å². The molecule has 1 aromatic carbocycles. The minimum absolute atomic E-state index is 0.124. The van der Waals surface area contributed by atoms with E-state index in [0.29, 0.717) is 18.9 Å². The molecule has 0 radical (unpaired) electrons. The summed E-state index contributed by atoms with van der Waals surface area (Å²) in [5, 5.41) is 0. The summed E-state index contributed by atoms with van der Waals surface area (Å²) in [4.78, 5) is 12.6. The normalized spacial score (nSPS) is 19.3. The highest BCUT2D eigenvalue weighted by Gasteiger charge is 2.47. The van der Waals surface area contributed by atoms with Crippen LogP contribution in [0.4, 0.5) is 0 Å². The monoisotopic (exact) mass is 275 g/mol. The number of esters is 1. The van der Waals surface area contributed by atoms with Crippen molar-refractivity contribution < 1.29 is 9.53 Å². The smallest absolute Gasteiger partial charge is 0.316 e.